The highest BCUT2D eigenvalue weighted by molar-refractivity contribution is 7.80. The first kappa shape index (κ1) is 17.3. The summed E-state index contributed by atoms with van der Waals surface area (Å²) in [5.41, 5.74) is 2.33. The van der Waals surface area contributed by atoms with Crippen molar-refractivity contribution in [2.75, 3.05) is 25.5 Å². The Balaban J connectivity index is 1.78. The molecule has 0 atom stereocenters. The van der Waals surface area contributed by atoms with Crippen molar-refractivity contribution in [3.63, 3.8) is 0 Å². The van der Waals surface area contributed by atoms with Gasteiger partial charge in [-0.25, -0.2) is 0 Å². The van der Waals surface area contributed by atoms with Gasteiger partial charge in [0, 0.05) is 12.7 Å². The van der Waals surface area contributed by atoms with Crippen molar-refractivity contribution in [1.29, 1.82) is 0 Å². The number of anilines is 1. The van der Waals surface area contributed by atoms with E-state index in [1.54, 1.807) is 0 Å². The number of nitrogens with one attached hydrogen (secondary N) is 1. The molecule has 2 rings (SSSR count). The number of ether oxygens (including phenoxy) is 1. The molecule has 2 aromatic carbocycles. The zero-order valence-corrected chi connectivity index (χ0v) is 14.8. The molecule has 0 aromatic heterocycles. The van der Waals surface area contributed by atoms with Gasteiger partial charge in [-0.05, 0) is 48.0 Å². The molecule has 0 heterocycles. The van der Waals surface area contributed by atoms with Crippen molar-refractivity contribution in [1.82, 2.24) is 4.90 Å². The molecule has 0 aliphatic rings. The SMILES string of the molecule is CC(C)c1ccc(NC(=S)N(C)CCOc2ccccc2)cc1. The maximum Gasteiger partial charge on any atom is 0.173 e. The van der Waals surface area contributed by atoms with Crippen LogP contribution in [-0.2, 0) is 0 Å². The lowest BCUT2D eigenvalue weighted by Crippen LogP contribution is -2.34. The zero-order valence-electron chi connectivity index (χ0n) is 14.0. The fourth-order valence-corrected chi connectivity index (χ4v) is 2.30. The molecule has 2 aromatic rings. The minimum atomic E-state index is 0.536. The summed E-state index contributed by atoms with van der Waals surface area (Å²) in [6.45, 7) is 5.70. The smallest absolute Gasteiger partial charge is 0.173 e. The number of likely N-dealkylation sites (N-methyl/N-ethyl adjacent to an activating group) is 1. The van der Waals surface area contributed by atoms with Crippen molar-refractivity contribution in [2.45, 2.75) is 19.8 Å². The molecule has 0 radical (unpaired) electrons. The summed E-state index contributed by atoms with van der Waals surface area (Å²) in [6.07, 6.45) is 0. The Morgan fingerprint density at radius 2 is 1.74 bits per heavy atom. The van der Waals surface area contributed by atoms with Crippen LogP contribution in [0, 0.1) is 0 Å². The van der Waals surface area contributed by atoms with Crippen molar-refractivity contribution in [3.05, 3.63) is 60.2 Å². The normalized spacial score (nSPS) is 10.4. The molecule has 3 nitrogen and oxygen atoms in total. The first-order chi connectivity index (χ1) is 11.1. The zero-order chi connectivity index (χ0) is 16.7. The summed E-state index contributed by atoms with van der Waals surface area (Å²) in [5.74, 6) is 1.41. The fourth-order valence-electron chi connectivity index (χ4n) is 2.09. The molecule has 0 fully saturated rings. The quantitative estimate of drug-likeness (QED) is 0.788. The van der Waals surface area contributed by atoms with E-state index in [-0.39, 0.29) is 0 Å². The van der Waals surface area contributed by atoms with E-state index in [1.807, 2.05) is 42.3 Å². The minimum absolute atomic E-state index is 0.536. The minimum Gasteiger partial charge on any atom is -0.492 e. The van der Waals surface area contributed by atoms with Gasteiger partial charge in [0.1, 0.15) is 12.4 Å². The third-order valence-corrected chi connectivity index (χ3v) is 4.03. The average molecular weight is 328 g/mol. The van der Waals surface area contributed by atoms with E-state index in [9.17, 15) is 0 Å². The maximum absolute atomic E-state index is 5.69. The Bertz CT molecular complexity index is 611. The number of para-hydroxylation sites is 1. The molecule has 4 heteroatoms. The highest BCUT2D eigenvalue weighted by atomic mass is 32.1. The molecule has 0 unspecified atom stereocenters. The Kier molecular flexibility index (Phi) is 6.41. The summed E-state index contributed by atoms with van der Waals surface area (Å²) in [5, 5.41) is 3.95. The van der Waals surface area contributed by atoms with Crippen molar-refractivity contribution in [2.24, 2.45) is 0 Å². The van der Waals surface area contributed by atoms with E-state index in [2.05, 4.69) is 43.4 Å². The Morgan fingerprint density at radius 3 is 2.35 bits per heavy atom. The molecular weight excluding hydrogens is 304 g/mol. The maximum atomic E-state index is 5.69. The highest BCUT2D eigenvalue weighted by Gasteiger charge is 2.05. The van der Waals surface area contributed by atoms with Gasteiger partial charge in [-0.2, -0.15) is 0 Å². The van der Waals surface area contributed by atoms with Crippen LogP contribution in [0.15, 0.2) is 54.6 Å². The monoisotopic (exact) mass is 328 g/mol. The number of benzene rings is 2. The van der Waals surface area contributed by atoms with Crippen LogP contribution in [0.5, 0.6) is 5.75 Å². The molecule has 0 amide bonds. The third-order valence-electron chi connectivity index (χ3n) is 3.61. The second-order valence-electron chi connectivity index (χ2n) is 5.79. The summed E-state index contributed by atoms with van der Waals surface area (Å²) < 4.78 is 5.69. The Labute approximate surface area is 144 Å². The van der Waals surface area contributed by atoms with E-state index in [0.717, 1.165) is 18.0 Å². The van der Waals surface area contributed by atoms with Crippen LogP contribution in [0.25, 0.3) is 0 Å². The van der Waals surface area contributed by atoms with Gasteiger partial charge < -0.3 is 15.0 Å². The molecule has 0 saturated carbocycles. The van der Waals surface area contributed by atoms with Gasteiger partial charge in [-0.15, -0.1) is 0 Å². The van der Waals surface area contributed by atoms with Crippen LogP contribution in [0.4, 0.5) is 5.69 Å². The first-order valence-electron chi connectivity index (χ1n) is 7.86. The number of thiocarbonyl (C=S) groups is 1. The third kappa shape index (κ3) is 5.57. The summed E-state index contributed by atoms with van der Waals surface area (Å²) in [6, 6.07) is 18.2. The van der Waals surface area contributed by atoms with Crippen LogP contribution in [0.1, 0.15) is 25.3 Å². The predicted molar refractivity (Wildman–Crippen MR) is 101 cm³/mol. The number of nitrogens with zero attached hydrogens (tertiary/aromatic N) is 1. The Morgan fingerprint density at radius 1 is 1.09 bits per heavy atom. The standard InChI is InChI=1S/C19H24N2OS/c1-15(2)16-9-11-17(12-10-16)20-19(23)21(3)13-14-22-18-7-5-4-6-8-18/h4-12,15H,13-14H2,1-3H3,(H,20,23). The molecular formula is C19H24N2OS. The first-order valence-corrected chi connectivity index (χ1v) is 8.27. The lowest BCUT2D eigenvalue weighted by molar-refractivity contribution is 0.285. The Hall–Kier alpha value is -2.07. The van der Waals surface area contributed by atoms with Crippen LogP contribution >= 0.6 is 12.2 Å². The van der Waals surface area contributed by atoms with Gasteiger partial charge in [0.15, 0.2) is 5.11 Å². The molecule has 0 aliphatic heterocycles. The molecule has 0 saturated heterocycles. The van der Waals surface area contributed by atoms with Gasteiger partial charge in [0.25, 0.3) is 0 Å². The topological polar surface area (TPSA) is 24.5 Å². The fraction of sp³-hybridized carbons (Fsp3) is 0.316. The van der Waals surface area contributed by atoms with Crippen LogP contribution in [-0.4, -0.2) is 30.2 Å². The van der Waals surface area contributed by atoms with E-state index in [4.69, 9.17) is 17.0 Å². The molecule has 0 bridgehead atoms. The summed E-state index contributed by atoms with van der Waals surface area (Å²) >= 11 is 5.43. The second kappa shape index (κ2) is 8.53. The van der Waals surface area contributed by atoms with Crippen molar-refractivity contribution in [3.8, 4) is 5.75 Å². The van der Waals surface area contributed by atoms with Crippen LogP contribution in [0.3, 0.4) is 0 Å². The van der Waals surface area contributed by atoms with Gasteiger partial charge in [0.2, 0.25) is 0 Å². The van der Waals surface area contributed by atoms with Crippen LogP contribution in [0.2, 0.25) is 0 Å². The van der Waals surface area contributed by atoms with Crippen molar-refractivity contribution >= 4 is 23.0 Å². The molecule has 23 heavy (non-hydrogen) atoms. The average Bonchev–Trinajstić information content (AvgIpc) is 2.56. The number of rotatable bonds is 6. The van der Waals surface area contributed by atoms with E-state index < -0.39 is 0 Å². The number of hydrogen-bond acceptors (Lipinski definition) is 2. The van der Waals surface area contributed by atoms with Gasteiger partial charge in [-0.1, -0.05) is 44.2 Å². The van der Waals surface area contributed by atoms with Crippen LogP contribution < -0.4 is 10.1 Å². The molecule has 0 spiro atoms. The lowest BCUT2D eigenvalue weighted by Gasteiger charge is -2.21. The van der Waals surface area contributed by atoms with Gasteiger partial charge >= 0.3 is 0 Å². The highest BCUT2D eigenvalue weighted by Crippen LogP contribution is 2.17. The predicted octanol–water partition coefficient (Wildman–Crippen LogP) is 4.52. The second-order valence-corrected chi connectivity index (χ2v) is 6.18. The molecule has 122 valence electrons. The summed E-state index contributed by atoms with van der Waals surface area (Å²) in [4.78, 5) is 1.98. The van der Waals surface area contributed by atoms with E-state index in [1.165, 1.54) is 5.56 Å². The lowest BCUT2D eigenvalue weighted by atomic mass is 10.0. The molecule has 0 aliphatic carbocycles. The molecule has 1 N–H and O–H groups in total. The van der Waals surface area contributed by atoms with Gasteiger partial charge in [-0.3, -0.25) is 0 Å². The van der Waals surface area contributed by atoms with Crippen molar-refractivity contribution < 1.29 is 4.74 Å². The number of hydrogen-bond donors (Lipinski definition) is 1. The van der Waals surface area contributed by atoms with E-state index >= 15 is 0 Å². The summed E-state index contributed by atoms with van der Waals surface area (Å²) in [7, 11) is 1.96. The largest absolute Gasteiger partial charge is 0.492 e. The van der Waals surface area contributed by atoms with Gasteiger partial charge in [0.05, 0.1) is 6.54 Å². The van der Waals surface area contributed by atoms with E-state index in [0.29, 0.717) is 17.6 Å².